The van der Waals surface area contributed by atoms with Crippen molar-refractivity contribution in [1.82, 2.24) is 0 Å². The Labute approximate surface area is 211 Å². The van der Waals surface area contributed by atoms with Crippen molar-refractivity contribution in [2.75, 3.05) is 0 Å². The van der Waals surface area contributed by atoms with E-state index in [1.54, 1.807) is 12.8 Å². The van der Waals surface area contributed by atoms with Crippen LogP contribution in [0.2, 0.25) is 0 Å². The van der Waals surface area contributed by atoms with Crippen molar-refractivity contribution < 1.29 is 0 Å². The van der Waals surface area contributed by atoms with Gasteiger partial charge in [-0.05, 0) is 123 Å². The average molecular weight is 463 g/mol. The Balaban J connectivity index is 0.000000112. The highest BCUT2D eigenvalue weighted by molar-refractivity contribution is 5.68. The molecule has 0 amide bonds. The second-order valence-corrected chi connectivity index (χ2v) is 16.8. The van der Waals surface area contributed by atoms with Gasteiger partial charge in [0.25, 0.3) is 0 Å². The van der Waals surface area contributed by atoms with E-state index >= 15 is 0 Å². The molecule has 0 bridgehead atoms. The van der Waals surface area contributed by atoms with Gasteiger partial charge >= 0.3 is 0 Å². The SMILES string of the molecule is CC1C2CC3C4C5CC6C(C)C7(C)C65C45C23C1(C)C75C.CC1CC2CC(C)C12C.CCCCC. The zero-order chi connectivity index (χ0) is 24.2. The van der Waals surface area contributed by atoms with E-state index in [1.165, 1.54) is 61.7 Å². The first-order chi connectivity index (χ1) is 16.0. The van der Waals surface area contributed by atoms with Gasteiger partial charge in [-0.3, -0.25) is 0 Å². The molecular formula is C34H54. The molecule has 10 rings (SSSR count). The van der Waals surface area contributed by atoms with Crippen LogP contribution in [-0.2, 0) is 0 Å². The molecule has 34 heavy (non-hydrogen) atoms. The fourth-order valence-corrected chi connectivity index (χ4v) is 17.5. The number of hydrogen-bond acceptors (Lipinski definition) is 0. The van der Waals surface area contributed by atoms with E-state index in [-0.39, 0.29) is 0 Å². The quantitative estimate of drug-likeness (QED) is 0.384. The maximum absolute atomic E-state index is 2.79. The Morgan fingerprint density at radius 2 is 1.06 bits per heavy atom. The van der Waals surface area contributed by atoms with Gasteiger partial charge in [0.05, 0.1) is 0 Å². The van der Waals surface area contributed by atoms with Crippen molar-refractivity contribution in [2.24, 2.45) is 97.1 Å². The van der Waals surface area contributed by atoms with Gasteiger partial charge < -0.3 is 0 Å². The second-order valence-electron chi connectivity index (χ2n) is 16.8. The predicted octanol–water partition coefficient (Wildman–Crippen LogP) is 9.09. The van der Waals surface area contributed by atoms with Gasteiger partial charge in [0.1, 0.15) is 0 Å². The summed E-state index contributed by atoms with van der Waals surface area (Å²) >= 11 is 0. The number of fused-ring (bicyclic) bond motifs is 5. The van der Waals surface area contributed by atoms with Gasteiger partial charge in [-0.2, -0.15) is 0 Å². The molecule has 10 saturated carbocycles. The van der Waals surface area contributed by atoms with Crippen molar-refractivity contribution in [3.8, 4) is 0 Å². The van der Waals surface area contributed by atoms with Crippen LogP contribution in [0.4, 0.5) is 0 Å². The summed E-state index contributed by atoms with van der Waals surface area (Å²) in [4.78, 5) is 0. The molecule has 3 spiro atoms. The van der Waals surface area contributed by atoms with Gasteiger partial charge in [-0.1, -0.05) is 88.5 Å². The first-order valence-corrected chi connectivity index (χ1v) is 16.0. The van der Waals surface area contributed by atoms with Crippen LogP contribution < -0.4 is 0 Å². The molecule has 0 saturated heterocycles. The number of rotatable bonds is 2. The summed E-state index contributed by atoms with van der Waals surface area (Å²) in [5, 5.41) is 0. The third kappa shape index (κ3) is 1.25. The normalized spacial score (nSPS) is 76.1. The maximum Gasteiger partial charge on any atom is -0.00636 e. The minimum atomic E-state index is 0.733. The minimum absolute atomic E-state index is 0.733. The Kier molecular flexibility index (Phi) is 3.51. The van der Waals surface area contributed by atoms with Gasteiger partial charge in [0.15, 0.2) is 0 Å². The van der Waals surface area contributed by atoms with Crippen LogP contribution in [0.15, 0.2) is 0 Å². The summed E-state index contributed by atoms with van der Waals surface area (Å²) in [5.41, 5.74) is 5.73. The Morgan fingerprint density at radius 1 is 0.618 bits per heavy atom. The lowest BCUT2D eigenvalue weighted by atomic mass is 8.78. The molecule has 0 N–H and O–H groups in total. The molecular weight excluding hydrogens is 408 g/mol. The fourth-order valence-electron chi connectivity index (χ4n) is 17.5. The van der Waals surface area contributed by atoms with Crippen molar-refractivity contribution in [2.45, 2.75) is 114 Å². The lowest BCUT2D eigenvalue weighted by molar-refractivity contribution is -0.795. The van der Waals surface area contributed by atoms with Crippen molar-refractivity contribution in [3.63, 3.8) is 0 Å². The average Bonchev–Trinajstić information content (AvgIpc) is 2.79. The van der Waals surface area contributed by atoms with Crippen molar-refractivity contribution >= 4 is 0 Å². The standard InChI is InChI=1S/C20H26.C9H16.C5H12/c1-8-10-6-12-14-13-7-11-9(2)16(4)17(5)15(8,3)18(10,12)20(14,17)19(11,13)16;1-6-4-8-5-7(2)9(6,8)3;1-3-5-4-2/h8-14H,6-7H2,1-5H3;6-8H,4-5H2,1-3H3;3-5H2,1-2H3. The molecule has 0 aromatic heterocycles. The van der Waals surface area contributed by atoms with Crippen LogP contribution in [0.1, 0.15) is 114 Å². The van der Waals surface area contributed by atoms with Crippen LogP contribution >= 0.6 is 0 Å². The molecule has 0 heteroatoms. The van der Waals surface area contributed by atoms with Crippen LogP contribution in [0, 0.1) is 97.1 Å². The lowest BCUT2D eigenvalue weighted by Gasteiger charge is -3.25. The highest BCUT2D eigenvalue weighted by Crippen LogP contribution is 3.26. The third-order valence-electron chi connectivity index (χ3n) is 18.6. The topological polar surface area (TPSA) is 0 Å². The molecule has 0 heterocycles. The third-order valence-corrected chi connectivity index (χ3v) is 18.6. The zero-order valence-electron chi connectivity index (χ0n) is 24.2. The predicted molar refractivity (Wildman–Crippen MR) is 141 cm³/mol. The monoisotopic (exact) mass is 462 g/mol. The van der Waals surface area contributed by atoms with Gasteiger partial charge in [0, 0.05) is 0 Å². The molecule has 10 aliphatic carbocycles. The van der Waals surface area contributed by atoms with Crippen LogP contribution in [0.5, 0.6) is 0 Å². The van der Waals surface area contributed by atoms with Crippen molar-refractivity contribution in [1.29, 1.82) is 0 Å². The summed E-state index contributed by atoms with van der Waals surface area (Å²) in [6.07, 6.45) is 10.4. The highest BCUT2D eigenvalue weighted by Gasteiger charge is 3.23. The molecule has 0 nitrogen and oxygen atoms in total. The molecule has 10 aliphatic rings. The highest BCUT2D eigenvalue weighted by atomic mass is 15.3. The van der Waals surface area contributed by atoms with E-state index in [0.29, 0.717) is 0 Å². The van der Waals surface area contributed by atoms with E-state index in [9.17, 15) is 0 Å². The minimum Gasteiger partial charge on any atom is -0.0654 e. The summed E-state index contributed by atoms with van der Waals surface area (Å²) in [6, 6.07) is 0. The smallest absolute Gasteiger partial charge is 0.00636 e. The molecule has 12 unspecified atom stereocenters. The Bertz CT molecular complexity index is 894. The Hall–Kier alpha value is 0. The van der Waals surface area contributed by atoms with E-state index in [4.69, 9.17) is 0 Å². The van der Waals surface area contributed by atoms with E-state index in [0.717, 1.165) is 67.5 Å². The summed E-state index contributed by atoms with van der Waals surface area (Å²) in [6.45, 7) is 25.3. The van der Waals surface area contributed by atoms with Crippen molar-refractivity contribution in [3.05, 3.63) is 0 Å². The molecule has 0 radical (unpaired) electrons. The molecule has 190 valence electrons. The van der Waals surface area contributed by atoms with E-state index in [1.807, 2.05) is 0 Å². The maximum atomic E-state index is 2.79. The summed E-state index contributed by atoms with van der Waals surface area (Å²) in [5.74, 6) is 11.2. The molecule has 0 aromatic carbocycles. The molecule has 0 aromatic rings. The fraction of sp³-hybridized carbons (Fsp3) is 1.00. The molecule has 12 atom stereocenters. The number of unbranched alkanes of at least 4 members (excludes halogenated alkanes) is 2. The first-order valence-electron chi connectivity index (χ1n) is 16.0. The second kappa shape index (κ2) is 5.41. The Morgan fingerprint density at radius 3 is 1.35 bits per heavy atom. The van der Waals surface area contributed by atoms with Crippen LogP contribution in [0.25, 0.3) is 0 Å². The van der Waals surface area contributed by atoms with Gasteiger partial charge in [0.2, 0.25) is 0 Å². The first kappa shape index (κ1) is 22.0. The zero-order valence-corrected chi connectivity index (χ0v) is 24.2. The van der Waals surface area contributed by atoms with Crippen LogP contribution in [-0.4, -0.2) is 0 Å². The number of hydrogen-bond donors (Lipinski definition) is 0. The van der Waals surface area contributed by atoms with Crippen LogP contribution in [0.3, 0.4) is 0 Å². The van der Waals surface area contributed by atoms with Gasteiger partial charge in [-0.25, -0.2) is 0 Å². The van der Waals surface area contributed by atoms with Gasteiger partial charge in [-0.15, -0.1) is 0 Å². The van der Waals surface area contributed by atoms with E-state index < -0.39 is 0 Å². The summed E-state index contributed by atoms with van der Waals surface area (Å²) < 4.78 is 0. The molecule has 10 fully saturated rings. The van der Waals surface area contributed by atoms with E-state index in [2.05, 4.69) is 69.2 Å². The lowest BCUT2D eigenvalue weighted by Crippen LogP contribution is -3.22. The summed E-state index contributed by atoms with van der Waals surface area (Å²) in [7, 11) is 0. The molecule has 0 aliphatic heterocycles. The largest absolute Gasteiger partial charge is 0.0654 e.